The fraction of sp³-hybridized carbons (Fsp3) is 0.207. The van der Waals surface area contributed by atoms with E-state index in [0.717, 1.165) is 61.7 Å². The summed E-state index contributed by atoms with van der Waals surface area (Å²) in [7, 11) is 3.33. The number of hydrogen-bond donors (Lipinski definition) is 0. The molecule has 0 saturated carbocycles. The molecule has 0 fully saturated rings. The highest BCUT2D eigenvalue weighted by Gasteiger charge is 2.14. The molecule has 0 saturated heterocycles. The third kappa shape index (κ3) is 4.84. The second-order valence-corrected chi connectivity index (χ2v) is 7.82. The SMILES string of the molecule is CCOc1cc(/C=C/c2ccccc2OC)cc(=Nc2ccc(OC)cc2)c2c(C)oc(C)c12. The summed E-state index contributed by atoms with van der Waals surface area (Å²) in [6.07, 6.45) is 4.09. The number of benzene rings is 2. The van der Waals surface area contributed by atoms with E-state index in [-0.39, 0.29) is 0 Å². The van der Waals surface area contributed by atoms with E-state index >= 15 is 0 Å². The minimum absolute atomic E-state index is 0.545. The Hall–Kier alpha value is -3.99. The van der Waals surface area contributed by atoms with Crippen molar-refractivity contribution in [2.24, 2.45) is 4.99 Å². The molecule has 0 spiro atoms. The van der Waals surface area contributed by atoms with E-state index in [9.17, 15) is 0 Å². The van der Waals surface area contributed by atoms with Gasteiger partial charge in [0.25, 0.3) is 0 Å². The standard InChI is InChI=1S/C29H29NO4/c1-6-33-27-18-21(11-12-22-9-7-8-10-26(22)32-5)17-25(28-19(2)34-20(3)29(27)28)30-23-13-15-24(31-4)16-14-23/h7-18H,6H2,1-5H3/b12-11+,30-25?. The highest BCUT2D eigenvalue weighted by Crippen LogP contribution is 2.32. The molecule has 0 aliphatic carbocycles. The Balaban J connectivity index is 1.98. The van der Waals surface area contributed by atoms with Gasteiger partial charge in [0.1, 0.15) is 28.8 Å². The Morgan fingerprint density at radius 1 is 0.824 bits per heavy atom. The molecule has 34 heavy (non-hydrogen) atoms. The number of ether oxygens (including phenoxy) is 3. The third-order valence-electron chi connectivity index (χ3n) is 5.58. The van der Waals surface area contributed by atoms with Crippen molar-refractivity contribution in [3.8, 4) is 17.2 Å². The van der Waals surface area contributed by atoms with Gasteiger partial charge in [-0.3, -0.25) is 0 Å². The largest absolute Gasteiger partial charge is 0.497 e. The van der Waals surface area contributed by atoms with Crippen LogP contribution in [0, 0.1) is 13.8 Å². The van der Waals surface area contributed by atoms with Crippen molar-refractivity contribution < 1.29 is 18.6 Å². The molecule has 5 nitrogen and oxygen atoms in total. The van der Waals surface area contributed by atoms with Gasteiger partial charge in [-0.1, -0.05) is 30.4 Å². The van der Waals surface area contributed by atoms with Crippen LogP contribution < -0.4 is 19.6 Å². The zero-order chi connectivity index (χ0) is 24.1. The smallest absolute Gasteiger partial charge is 0.131 e. The molecular formula is C29H29NO4. The second-order valence-electron chi connectivity index (χ2n) is 7.82. The molecule has 4 rings (SSSR count). The van der Waals surface area contributed by atoms with Crippen LogP contribution in [-0.2, 0) is 0 Å². The van der Waals surface area contributed by atoms with Gasteiger partial charge in [-0.2, -0.15) is 0 Å². The van der Waals surface area contributed by atoms with E-state index in [4.69, 9.17) is 23.6 Å². The first-order chi connectivity index (χ1) is 16.5. The molecule has 0 unspecified atom stereocenters. The average Bonchev–Trinajstić information content (AvgIpc) is 3.05. The lowest BCUT2D eigenvalue weighted by molar-refractivity contribution is 0.344. The van der Waals surface area contributed by atoms with Gasteiger partial charge < -0.3 is 18.6 Å². The van der Waals surface area contributed by atoms with Gasteiger partial charge in [0.05, 0.1) is 42.6 Å². The summed E-state index contributed by atoms with van der Waals surface area (Å²) in [5, 5.41) is 2.68. The maximum atomic E-state index is 6.07. The number of rotatable bonds is 7. The number of nitrogens with zero attached hydrogens (tertiary/aromatic N) is 1. The molecule has 1 heterocycles. The Bertz CT molecular complexity index is 1400. The topological polar surface area (TPSA) is 53.2 Å². The fourth-order valence-electron chi connectivity index (χ4n) is 4.02. The van der Waals surface area contributed by atoms with Crippen LogP contribution in [-0.4, -0.2) is 20.8 Å². The third-order valence-corrected chi connectivity index (χ3v) is 5.58. The first kappa shape index (κ1) is 23.2. The van der Waals surface area contributed by atoms with Gasteiger partial charge in [0, 0.05) is 5.56 Å². The Kier molecular flexibility index (Phi) is 7.02. The van der Waals surface area contributed by atoms with Crippen LogP contribution in [0.1, 0.15) is 29.6 Å². The highest BCUT2D eigenvalue weighted by atomic mass is 16.5. The number of para-hydroxylation sites is 1. The van der Waals surface area contributed by atoms with Gasteiger partial charge in [0.2, 0.25) is 0 Å². The lowest BCUT2D eigenvalue weighted by Crippen LogP contribution is -2.00. The first-order valence-electron chi connectivity index (χ1n) is 11.2. The van der Waals surface area contributed by atoms with Crippen molar-refractivity contribution in [1.29, 1.82) is 0 Å². The van der Waals surface area contributed by atoms with Crippen LogP contribution in [0.3, 0.4) is 0 Å². The first-order valence-corrected chi connectivity index (χ1v) is 11.2. The van der Waals surface area contributed by atoms with Gasteiger partial charge in [-0.05, 0) is 68.8 Å². The average molecular weight is 456 g/mol. The summed E-state index contributed by atoms with van der Waals surface area (Å²) in [6, 6.07) is 19.7. The minimum Gasteiger partial charge on any atom is -0.497 e. The van der Waals surface area contributed by atoms with Crippen LogP contribution in [0.5, 0.6) is 17.2 Å². The van der Waals surface area contributed by atoms with Crippen LogP contribution in [0.25, 0.3) is 22.9 Å². The van der Waals surface area contributed by atoms with Crippen molar-refractivity contribution in [1.82, 2.24) is 0 Å². The lowest BCUT2D eigenvalue weighted by Gasteiger charge is -2.04. The van der Waals surface area contributed by atoms with Gasteiger partial charge >= 0.3 is 0 Å². The van der Waals surface area contributed by atoms with Crippen LogP contribution >= 0.6 is 0 Å². The maximum Gasteiger partial charge on any atom is 0.131 e. The predicted molar refractivity (Wildman–Crippen MR) is 137 cm³/mol. The van der Waals surface area contributed by atoms with E-state index in [1.54, 1.807) is 14.2 Å². The number of fused-ring (bicyclic) bond motifs is 1. The monoisotopic (exact) mass is 455 g/mol. The van der Waals surface area contributed by atoms with E-state index in [1.165, 1.54) is 0 Å². The summed E-state index contributed by atoms with van der Waals surface area (Å²) in [5.74, 6) is 3.98. The lowest BCUT2D eigenvalue weighted by atomic mass is 10.1. The molecule has 5 heteroatoms. The highest BCUT2D eigenvalue weighted by molar-refractivity contribution is 5.92. The molecule has 0 aliphatic rings. The van der Waals surface area contributed by atoms with E-state index in [1.807, 2.05) is 87.5 Å². The molecule has 1 aromatic heterocycles. The number of hydrogen-bond acceptors (Lipinski definition) is 5. The normalized spacial score (nSPS) is 11.9. The molecule has 0 bridgehead atoms. The van der Waals surface area contributed by atoms with Crippen molar-refractivity contribution >= 4 is 28.6 Å². The second kappa shape index (κ2) is 10.3. The van der Waals surface area contributed by atoms with Crippen LogP contribution in [0.2, 0.25) is 0 Å². The Labute approximate surface area is 199 Å². The molecule has 0 atom stereocenters. The molecule has 4 aromatic rings. The van der Waals surface area contributed by atoms with E-state index in [0.29, 0.717) is 6.61 Å². The minimum atomic E-state index is 0.545. The maximum absolute atomic E-state index is 6.07. The predicted octanol–water partition coefficient (Wildman–Crippen LogP) is 6.87. The molecule has 0 N–H and O–H groups in total. The Morgan fingerprint density at radius 3 is 2.26 bits per heavy atom. The van der Waals surface area contributed by atoms with Gasteiger partial charge in [-0.25, -0.2) is 4.99 Å². The number of aryl methyl sites for hydroxylation is 2. The molecule has 174 valence electrons. The molecule has 0 radical (unpaired) electrons. The van der Waals surface area contributed by atoms with Crippen molar-refractivity contribution in [2.45, 2.75) is 20.8 Å². The molecule has 3 aromatic carbocycles. The van der Waals surface area contributed by atoms with E-state index < -0.39 is 0 Å². The summed E-state index contributed by atoms with van der Waals surface area (Å²) in [5.41, 5.74) is 2.77. The van der Waals surface area contributed by atoms with Crippen molar-refractivity contribution in [3.63, 3.8) is 0 Å². The zero-order valence-electron chi connectivity index (χ0n) is 20.2. The summed E-state index contributed by atoms with van der Waals surface area (Å²) < 4.78 is 22.9. The molecule has 0 aliphatic heterocycles. The van der Waals surface area contributed by atoms with Crippen LogP contribution in [0.4, 0.5) is 5.69 Å². The van der Waals surface area contributed by atoms with Crippen LogP contribution in [0.15, 0.2) is 70.1 Å². The van der Waals surface area contributed by atoms with Gasteiger partial charge in [0.15, 0.2) is 0 Å². The molecule has 0 amide bonds. The fourth-order valence-corrected chi connectivity index (χ4v) is 4.02. The van der Waals surface area contributed by atoms with Gasteiger partial charge in [-0.15, -0.1) is 0 Å². The summed E-state index contributed by atoms with van der Waals surface area (Å²) in [4.78, 5) is 4.98. The summed E-state index contributed by atoms with van der Waals surface area (Å²) in [6.45, 7) is 6.44. The number of furan rings is 1. The summed E-state index contributed by atoms with van der Waals surface area (Å²) >= 11 is 0. The number of methoxy groups -OCH3 is 2. The molecular weight excluding hydrogens is 426 g/mol. The van der Waals surface area contributed by atoms with Crippen molar-refractivity contribution in [3.05, 3.63) is 88.7 Å². The Morgan fingerprint density at radius 2 is 1.56 bits per heavy atom. The zero-order valence-corrected chi connectivity index (χ0v) is 20.2. The quantitative estimate of drug-likeness (QED) is 0.305. The van der Waals surface area contributed by atoms with E-state index in [2.05, 4.69) is 6.07 Å². The van der Waals surface area contributed by atoms with Crippen molar-refractivity contribution in [2.75, 3.05) is 20.8 Å².